The lowest BCUT2D eigenvalue weighted by Gasteiger charge is -2.19. The van der Waals surface area contributed by atoms with E-state index in [2.05, 4.69) is 16.6 Å². The summed E-state index contributed by atoms with van der Waals surface area (Å²) in [6.07, 6.45) is 3.24. The molecular weight excluding hydrogens is 402 g/mol. The molecule has 0 N–H and O–H groups in total. The van der Waals surface area contributed by atoms with Crippen molar-refractivity contribution in [2.24, 2.45) is 9.98 Å². The van der Waals surface area contributed by atoms with E-state index >= 15 is 0 Å². The van der Waals surface area contributed by atoms with Crippen LogP contribution in [0.1, 0.15) is 23.7 Å². The van der Waals surface area contributed by atoms with Crippen LogP contribution in [0.4, 0.5) is 8.78 Å². The third kappa shape index (κ3) is 3.52. The lowest BCUT2D eigenvalue weighted by atomic mass is 9.86. The molecule has 0 amide bonds. The predicted octanol–water partition coefficient (Wildman–Crippen LogP) is 5.70. The SMILES string of the molecule is C=CCSC1=NC=NC1C[C@]1(c2ccc(F)cc2F)O[C@@H]1c1ccccc1Cl. The molecule has 0 bridgehead atoms. The summed E-state index contributed by atoms with van der Waals surface area (Å²) in [6, 6.07) is 10.6. The summed E-state index contributed by atoms with van der Waals surface area (Å²) in [6.45, 7) is 3.72. The average Bonchev–Trinajstić information content (AvgIpc) is 3.21. The van der Waals surface area contributed by atoms with E-state index in [4.69, 9.17) is 16.3 Å². The Hall–Kier alpha value is -2.02. The van der Waals surface area contributed by atoms with Gasteiger partial charge in [-0.1, -0.05) is 41.9 Å². The molecule has 1 fully saturated rings. The number of benzene rings is 2. The number of hydrogen-bond acceptors (Lipinski definition) is 4. The second kappa shape index (κ2) is 7.78. The van der Waals surface area contributed by atoms with E-state index in [0.717, 1.165) is 16.7 Å². The molecule has 0 radical (unpaired) electrons. The van der Waals surface area contributed by atoms with Gasteiger partial charge >= 0.3 is 0 Å². The second-order valence-electron chi connectivity index (χ2n) is 6.58. The fraction of sp³-hybridized carbons (Fsp3) is 0.238. The van der Waals surface area contributed by atoms with Crippen molar-refractivity contribution in [3.05, 3.63) is 82.9 Å². The normalized spacial score (nSPS) is 25.6. The fourth-order valence-corrected chi connectivity index (χ4v) is 4.49. The fourth-order valence-electron chi connectivity index (χ4n) is 3.51. The van der Waals surface area contributed by atoms with Crippen LogP contribution in [-0.4, -0.2) is 23.2 Å². The van der Waals surface area contributed by atoms with E-state index in [-0.39, 0.29) is 6.04 Å². The molecule has 0 saturated carbocycles. The maximum absolute atomic E-state index is 14.7. The van der Waals surface area contributed by atoms with Crippen LogP contribution in [0.5, 0.6) is 0 Å². The van der Waals surface area contributed by atoms with Crippen LogP contribution in [0, 0.1) is 11.6 Å². The van der Waals surface area contributed by atoms with Crippen LogP contribution in [-0.2, 0) is 10.3 Å². The molecule has 0 aromatic heterocycles. The van der Waals surface area contributed by atoms with Crippen LogP contribution in [0.25, 0.3) is 0 Å². The van der Waals surface area contributed by atoms with Gasteiger partial charge in [0.15, 0.2) is 0 Å². The summed E-state index contributed by atoms with van der Waals surface area (Å²) in [4.78, 5) is 8.74. The van der Waals surface area contributed by atoms with Crippen LogP contribution >= 0.6 is 23.4 Å². The Kier molecular flexibility index (Phi) is 5.36. The minimum absolute atomic E-state index is 0.262. The maximum atomic E-state index is 14.7. The minimum atomic E-state index is -0.982. The Morgan fingerprint density at radius 3 is 2.82 bits per heavy atom. The molecule has 2 heterocycles. The summed E-state index contributed by atoms with van der Waals surface area (Å²) < 4.78 is 34.3. The first-order valence-electron chi connectivity index (χ1n) is 8.76. The molecule has 0 aliphatic carbocycles. The van der Waals surface area contributed by atoms with Crippen molar-refractivity contribution in [1.82, 2.24) is 0 Å². The highest BCUT2D eigenvalue weighted by Crippen LogP contribution is 2.61. The number of halogens is 3. The van der Waals surface area contributed by atoms with Crippen molar-refractivity contribution < 1.29 is 13.5 Å². The van der Waals surface area contributed by atoms with E-state index in [9.17, 15) is 8.78 Å². The second-order valence-corrected chi connectivity index (χ2v) is 8.03. The van der Waals surface area contributed by atoms with Crippen molar-refractivity contribution >= 4 is 34.7 Å². The van der Waals surface area contributed by atoms with E-state index in [1.54, 1.807) is 12.1 Å². The van der Waals surface area contributed by atoms with Gasteiger partial charge in [0, 0.05) is 34.4 Å². The van der Waals surface area contributed by atoms with Crippen molar-refractivity contribution in [2.45, 2.75) is 24.2 Å². The first-order chi connectivity index (χ1) is 13.5. The standard InChI is InChI=1S/C21H17ClF2N2OS/c1-2-9-28-20-18(25-12-26-20)11-21(15-8-7-13(23)10-17(15)24)19(27-21)14-5-3-4-6-16(14)22/h2-8,10,12,18-19H,1,9,11H2/t18?,19-,21-/m1/s1. The summed E-state index contributed by atoms with van der Waals surface area (Å²) in [7, 11) is 0. The number of ether oxygens (including phenoxy) is 1. The van der Waals surface area contributed by atoms with Gasteiger partial charge in [0.25, 0.3) is 0 Å². The molecule has 2 aliphatic heterocycles. The first-order valence-corrected chi connectivity index (χ1v) is 10.1. The number of nitrogens with zero attached hydrogens (tertiary/aromatic N) is 2. The Bertz CT molecular complexity index is 981. The number of thioether (sulfide) groups is 1. The number of epoxide rings is 1. The zero-order valence-electron chi connectivity index (χ0n) is 14.8. The Balaban J connectivity index is 1.70. The topological polar surface area (TPSA) is 37.2 Å². The third-order valence-electron chi connectivity index (χ3n) is 4.83. The van der Waals surface area contributed by atoms with Gasteiger partial charge in [-0.2, -0.15) is 0 Å². The summed E-state index contributed by atoms with van der Waals surface area (Å²) in [5, 5.41) is 1.37. The van der Waals surface area contributed by atoms with Gasteiger partial charge in [0.2, 0.25) is 0 Å². The van der Waals surface area contributed by atoms with Crippen molar-refractivity contribution in [2.75, 3.05) is 5.75 Å². The lowest BCUT2D eigenvalue weighted by molar-refractivity contribution is 0.274. The molecular formula is C21H17ClF2N2OS. The van der Waals surface area contributed by atoms with Crippen molar-refractivity contribution in [3.63, 3.8) is 0 Å². The smallest absolute Gasteiger partial charge is 0.132 e. The van der Waals surface area contributed by atoms with Gasteiger partial charge in [-0.25, -0.2) is 13.8 Å². The highest BCUT2D eigenvalue weighted by Gasteiger charge is 2.61. The van der Waals surface area contributed by atoms with E-state index in [1.165, 1.54) is 30.2 Å². The van der Waals surface area contributed by atoms with Gasteiger partial charge in [-0.15, -0.1) is 18.3 Å². The Morgan fingerprint density at radius 1 is 1.25 bits per heavy atom. The van der Waals surface area contributed by atoms with Gasteiger partial charge < -0.3 is 4.74 Å². The van der Waals surface area contributed by atoms with Crippen molar-refractivity contribution in [3.8, 4) is 0 Å². The Labute approximate surface area is 171 Å². The molecule has 2 aliphatic rings. The van der Waals surface area contributed by atoms with Crippen LogP contribution in [0.3, 0.4) is 0 Å². The largest absolute Gasteiger partial charge is 0.356 e. The minimum Gasteiger partial charge on any atom is -0.356 e. The molecule has 1 unspecified atom stereocenters. The molecule has 0 spiro atoms. The van der Waals surface area contributed by atoms with Crippen LogP contribution in [0.2, 0.25) is 5.02 Å². The quantitative estimate of drug-likeness (QED) is 0.445. The molecule has 28 heavy (non-hydrogen) atoms. The van der Waals surface area contributed by atoms with E-state index in [1.807, 2.05) is 18.2 Å². The molecule has 3 nitrogen and oxygen atoms in total. The molecule has 144 valence electrons. The molecule has 3 atom stereocenters. The number of rotatable bonds is 6. The molecule has 2 aromatic rings. The zero-order chi connectivity index (χ0) is 19.7. The highest BCUT2D eigenvalue weighted by atomic mass is 35.5. The Morgan fingerprint density at radius 2 is 2.07 bits per heavy atom. The molecule has 4 rings (SSSR count). The van der Waals surface area contributed by atoms with E-state index in [0.29, 0.717) is 22.8 Å². The number of aliphatic imine (C=N–C) groups is 2. The lowest BCUT2D eigenvalue weighted by Crippen LogP contribution is -2.24. The van der Waals surface area contributed by atoms with Gasteiger partial charge in [0.1, 0.15) is 40.8 Å². The number of hydrogen-bond donors (Lipinski definition) is 0. The van der Waals surface area contributed by atoms with Crippen LogP contribution < -0.4 is 0 Å². The van der Waals surface area contributed by atoms with Gasteiger partial charge in [-0.3, -0.25) is 4.99 Å². The van der Waals surface area contributed by atoms with Crippen molar-refractivity contribution in [1.29, 1.82) is 0 Å². The molecule has 1 saturated heterocycles. The maximum Gasteiger partial charge on any atom is 0.132 e. The summed E-state index contributed by atoms with van der Waals surface area (Å²) in [5.41, 5.74) is 0.0889. The van der Waals surface area contributed by atoms with Gasteiger partial charge in [-0.05, 0) is 12.1 Å². The predicted molar refractivity (Wildman–Crippen MR) is 110 cm³/mol. The van der Waals surface area contributed by atoms with E-state index < -0.39 is 23.3 Å². The zero-order valence-corrected chi connectivity index (χ0v) is 16.4. The summed E-state index contributed by atoms with van der Waals surface area (Å²) in [5.74, 6) is -0.575. The van der Waals surface area contributed by atoms with Gasteiger partial charge in [0.05, 0.1) is 0 Å². The molecule has 2 aromatic carbocycles. The third-order valence-corrected chi connectivity index (χ3v) is 6.25. The first kappa shape index (κ1) is 19.3. The average molecular weight is 419 g/mol. The molecule has 7 heteroatoms. The summed E-state index contributed by atoms with van der Waals surface area (Å²) >= 11 is 7.88. The monoisotopic (exact) mass is 418 g/mol. The van der Waals surface area contributed by atoms with Crippen LogP contribution in [0.15, 0.2) is 65.1 Å². The highest BCUT2D eigenvalue weighted by molar-refractivity contribution is 8.14.